The van der Waals surface area contributed by atoms with Crippen LogP contribution in [-0.2, 0) is 4.79 Å². The summed E-state index contributed by atoms with van der Waals surface area (Å²) in [5, 5.41) is 0. The highest BCUT2D eigenvalue weighted by atomic mass is 16.5. The summed E-state index contributed by atoms with van der Waals surface area (Å²) >= 11 is 0. The number of carbonyl (C=O) groups excluding carboxylic acids is 2. The van der Waals surface area contributed by atoms with Gasteiger partial charge in [-0.15, -0.1) is 0 Å². The van der Waals surface area contributed by atoms with Gasteiger partial charge in [0, 0.05) is 6.07 Å². The monoisotopic (exact) mass is 360 g/mol. The van der Waals surface area contributed by atoms with Gasteiger partial charge in [0.05, 0.1) is 21.3 Å². The van der Waals surface area contributed by atoms with E-state index in [1.54, 1.807) is 42.5 Å². The Morgan fingerprint density at radius 2 is 1.46 bits per heavy atom. The fourth-order valence-corrected chi connectivity index (χ4v) is 2.14. The van der Waals surface area contributed by atoms with Crippen molar-refractivity contribution in [2.24, 2.45) is 0 Å². The van der Waals surface area contributed by atoms with Crippen LogP contribution in [0.3, 0.4) is 0 Å². The van der Waals surface area contributed by atoms with Gasteiger partial charge < -0.3 is 18.9 Å². The van der Waals surface area contributed by atoms with Crippen LogP contribution in [0.25, 0.3) is 0 Å². The molecule has 0 aliphatic rings. The Morgan fingerprint density at radius 1 is 0.846 bits per heavy atom. The molecule has 0 heterocycles. The Hall–Kier alpha value is -3.42. The molecule has 0 saturated heterocycles. The molecule has 0 saturated carbocycles. The van der Waals surface area contributed by atoms with Gasteiger partial charge in [-0.3, -0.25) is 20.4 Å². The van der Waals surface area contributed by atoms with Gasteiger partial charge in [-0.1, -0.05) is 12.1 Å². The predicted octanol–water partition coefficient (Wildman–Crippen LogP) is 1.55. The number of nitrogens with one attached hydrogen (secondary N) is 2. The third-order valence-electron chi connectivity index (χ3n) is 3.38. The summed E-state index contributed by atoms with van der Waals surface area (Å²) in [6.45, 7) is -0.281. The highest BCUT2D eigenvalue weighted by Crippen LogP contribution is 2.27. The standard InChI is InChI=1S/C18H20N2O6/c1-23-12-6-4-7-13(10-12)26-11-16(21)19-20-18(22)17-14(24-2)8-5-9-15(17)25-3/h4-10H,11H2,1-3H3,(H,19,21)(H,20,22). The maximum absolute atomic E-state index is 12.3. The molecule has 0 fully saturated rings. The van der Waals surface area contributed by atoms with Gasteiger partial charge in [0.2, 0.25) is 0 Å². The summed E-state index contributed by atoms with van der Waals surface area (Å²) in [4.78, 5) is 24.2. The first kappa shape index (κ1) is 18.9. The lowest BCUT2D eigenvalue weighted by atomic mass is 10.1. The fraction of sp³-hybridized carbons (Fsp3) is 0.222. The van der Waals surface area contributed by atoms with Crippen LogP contribution in [0.1, 0.15) is 10.4 Å². The van der Waals surface area contributed by atoms with Crippen molar-refractivity contribution in [2.75, 3.05) is 27.9 Å². The summed E-state index contributed by atoms with van der Waals surface area (Å²) in [6, 6.07) is 11.8. The maximum Gasteiger partial charge on any atom is 0.277 e. The normalized spacial score (nSPS) is 9.81. The SMILES string of the molecule is COc1cccc(OCC(=O)NNC(=O)c2c(OC)cccc2OC)c1. The molecular weight excluding hydrogens is 340 g/mol. The number of hydrogen-bond donors (Lipinski definition) is 2. The Balaban J connectivity index is 1.92. The summed E-state index contributed by atoms with van der Waals surface area (Å²) in [6.07, 6.45) is 0. The highest BCUT2D eigenvalue weighted by Gasteiger charge is 2.18. The predicted molar refractivity (Wildman–Crippen MR) is 93.6 cm³/mol. The molecule has 0 aliphatic heterocycles. The van der Waals surface area contributed by atoms with Crippen molar-refractivity contribution >= 4 is 11.8 Å². The molecule has 2 N–H and O–H groups in total. The molecular formula is C18H20N2O6. The minimum absolute atomic E-state index is 0.173. The number of hydrazine groups is 1. The van der Waals surface area contributed by atoms with Crippen LogP contribution < -0.4 is 29.8 Å². The molecule has 0 bridgehead atoms. The number of rotatable bonds is 7. The molecule has 0 aromatic heterocycles. The number of methoxy groups -OCH3 is 3. The molecule has 8 nitrogen and oxygen atoms in total. The van der Waals surface area contributed by atoms with Gasteiger partial charge in [-0.25, -0.2) is 0 Å². The van der Waals surface area contributed by atoms with Gasteiger partial charge in [0.15, 0.2) is 6.61 Å². The summed E-state index contributed by atoms with van der Waals surface area (Å²) < 4.78 is 20.7. The summed E-state index contributed by atoms with van der Waals surface area (Å²) in [5.41, 5.74) is 4.75. The van der Waals surface area contributed by atoms with E-state index in [4.69, 9.17) is 18.9 Å². The Kier molecular flexibility index (Phi) is 6.67. The maximum atomic E-state index is 12.3. The molecule has 2 aromatic rings. The zero-order valence-corrected chi connectivity index (χ0v) is 14.7. The van der Waals surface area contributed by atoms with Crippen LogP contribution in [0.15, 0.2) is 42.5 Å². The van der Waals surface area contributed by atoms with Crippen LogP contribution >= 0.6 is 0 Å². The van der Waals surface area contributed by atoms with E-state index < -0.39 is 11.8 Å². The smallest absolute Gasteiger partial charge is 0.277 e. The van der Waals surface area contributed by atoms with Crippen molar-refractivity contribution in [1.29, 1.82) is 0 Å². The first-order valence-corrected chi connectivity index (χ1v) is 7.66. The van der Waals surface area contributed by atoms with E-state index >= 15 is 0 Å². The molecule has 26 heavy (non-hydrogen) atoms. The quantitative estimate of drug-likeness (QED) is 0.728. The van der Waals surface area contributed by atoms with Crippen molar-refractivity contribution in [3.8, 4) is 23.0 Å². The molecule has 0 radical (unpaired) electrons. The van der Waals surface area contributed by atoms with Gasteiger partial charge in [-0.05, 0) is 24.3 Å². The number of ether oxygens (including phenoxy) is 4. The van der Waals surface area contributed by atoms with Gasteiger partial charge in [0.25, 0.3) is 11.8 Å². The third kappa shape index (κ3) is 4.79. The fourth-order valence-electron chi connectivity index (χ4n) is 2.14. The minimum Gasteiger partial charge on any atom is -0.497 e. The highest BCUT2D eigenvalue weighted by molar-refractivity contribution is 6.00. The largest absolute Gasteiger partial charge is 0.497 e. The van der Waals surface area contributed by atoms with E-state index in [9.17, 15) is 9.59 Å². The van der Waals surface area contributed by atoms with Gasteiger partial charge >= 0.3 is 0 Å². The molecule has 0 unspecified atom stereocenters. The van der Waals surface area contributed by atoms with Crippen molar-refractivity contribution in [1.82, 2.24) is 10.9 Å². The number of carbonyl (C=O) groups is 2. The van der Waals surface area contributed by atoms with Crippen molar-refractivity contribution < 1.29 is 28.5 Å². The summed E-state index contributed by atoms with van der Waals surface area (Å²) in [7, 11) is 4.41. The average molecular weight is 360 g/mol. The Morgan fingerprint density at radius 3 is 2.08 bits per heavy atom. The Labute approximate surface area is 151 Å². The Bertz CT molecular complexity index is 756. The van der Waals surface area contributed by atoms with E-state index in [0.717, 1.165) is 0 Å². The molecule has 2 aromatic carbocycles. The summed E-state index contributed by atoms with van der Waals surface area (Å²) in [5.74, 6) is 0.619. The first-order valence-electron chi connectivity index (χ1n) is 7.66. The zero-order valence-electron chi connectivity index (χ0n) is 14.7. The molecule has 2 rings (SSSR count). The second-order valence-corrected chi connectivity index (χ2v) is 5.01. The van der Waals surface area contributed by atoms with E-state index in [2.05, 4.69) is 10.9 Å². The van der Waals surface area contributed by atoms with E-state index in [0.29, 0.717) is 23.0 Å². The van der Waals surface area contributed by atoms with E-state index in [1.807, 2.05) is 0 Å². The zero-order chi connectivity index (χ0) is 18.9. The van der Waals surface area contributed by atoms with Gasteiger partial charge in [-0.2, -0.15) is 0 Å². The van der Waals surface area contributed by atoms with Crippen LogP contribution in [0.2, 0.25) is 0 Å². The lowest BCUT2D eigenvalue weighted by Gasteiger charge is -2.13. The molecule has 0 aliphatic carbocycles. The minimum atomic E-state index is -0.575. The molecule has 138 valence electrons. The topological polar surface area (TPSA) is 95.1 Å². The third-order valence-corrected chi connectivity index (χ3v) is 3.38. The molecule has 2 amide bonds. The van der Waals surface area contributed by atoms with Crippen LogP contribution in [0, 0.1) is 0 Å². The van der Waals surface area contributed by atoms with Crippen molar-refractivity contribution in [2.45, 2.75) is 0 Å². The number of benzene rings is 2. The second kappa shape index (κ2) is 9.16. The molecule has 0 spiro atoms. The molecule has 8 heteroatoms. The average Bonchev–Trinajstić information content (AvgIpc) is 2.69. The lowest BCUT2D eigenvalue weighted by molar-refractivity contribution is -0.123. The number of amides is 2. The first-order chi connectivity index (χ1) is 12.6. The van der Waals surface area contributed by atoms with E-state index in [1.165, 1.54) is 21.3 Å². The van der Waals surface area contributed by atoms with Crippen LogP contribution in [0.5, 0.6) is 23.0 Å². The van der Waals surface area contributed by atoms with Crippen LogP contribution in [-0.4, -0.2) is 39.8 Å². The number of hydrogen-bond acceptors (Lipinski definition) is 6. The van der Waals surface area contributed by atoms with Crippen LogP contribution in [0.4, 0.5) is 0 Å². The lowest BCUT2D eigenvalue weighted by Crippen LogP contribution is -2.44. The van der Waals surface area contributed by atoms with Gasteiger partial charge in [0.1, 0.15) is 28.6 Å². The van der Waals surface area contributed by atoms with Crippen molar-refractivity contribution in [3.63, 3.8) is 0 Å². The van der Waals surface area contributed by atoms with E-state index in [-0.39, 0.29) is 12.2 Å². The second-order valence-electron chi connectivity index (χ2n) is 5.01. The van der Waals surface area contributed by atoms with Crippen molar-refractivity contribution in [3.05, 3.63) is 48.0 Å². The molecule has 0 atom stereocenters.